The molecule has 2 aromatic carbocycles. The highest BCUT2D eigenvalue weighted by molar-refractivity contribution is 6.32. The van der Waals surface area contributed by atoms with Crippen molar-refractivity contribution < 1.29 is 14.3 Å². The van der Waals surface area contributed by atoms with Gasteiger partial charge < -0.3 is 15.3 Å². The van der Waals surface area contributed by atoms with Crippen LogP contribution in [-0.4, -0.2) is 45.4 Å². The lowest BCUT2D eigenvalue weighted by Crippen LogP contribution is -2.21. The van der Waals surface area contributed by atoms with Gasteiger partial charge in [0.2, 0.25) is 0 Å². The molecular weight excluding hydrogens is 479 g/mol. The molecule has 0 atom stereocenters. The Morgan fingerprint density at radius 2 is 1.92 bits per heavy atom. The Labute approximate surface area is 213 Å². The zero-order valence-corrected chi connectivity index (χ0v) is 20.6. The van der Waals surface area contributed by atoms with Crippen LogP contribution in [-0.2, 0) is 6.42 Å². The minimum atomic E-state index is -0.802. The van der Waals surface area contributed by atoms with Crippen LogP contribution in [0.25, 0.3) is 22.0 Å². The Kier molecular flexibility index (Phi) is 6.85. The first-order valence-electron chi connectivity index (χ1n) is 11.9. The first-order chi connectivity index (χ1) is 17.4. The topological polar surface area (TPSA) is 78.3 Å². The molecule has 1 saturated heterocycles. The van der Waals surface area contributed by atoms with Crippen LogP contribution in [0.1, 0.15) is 35.7 Å². The van der Waals surface area contributed by atoms with Crippen molar-refractivity contribution in [1.29, 1.82) is 0 Å². The number of nitrogens with one attached hydrogen (secondary N) is 1. The summed E-state index contributed by atoms with van der Waals surface area (Å²) in [4.78, 5) is 23.8. The Morgan fingerprint density at radius 1 is 1.11 bits per heavy atom. The number of benzene rings is 2. The van der Waals surface area contributed by atoms with E-state index in [1.807, 2.05) is 18.3 Å². The van der Waals surface area contributed by atoms with Crippen molar-refractivity contribution in [2.45, 2.75) is 26.2 Å². The molecule has 0 unspecified atom stereocenters. The molecule has 1 aliphatic heterocycles. The summed E-state index contributed by atoms with van der Waals surface area (Å²) in [5.41, 5.74) is 4.79. The van der Waals surface area contributed by atoms with Gasteiger partial charge in [-0.2, -0.15) is 0 Å². The van der Waals surface area contributed by atoms with Crippen LogP contribution in [0.4, 0.5) is 15.8 Å². The number of fused-ring (bicyclic) bond motifs is 1. The number of aromatic nitrogens is 2. The maximum absolute atomic E-state index is 14.2. The highest BCUT2D eigenvalue weighted by Crippen LogP contribution is 2.36. The first-order valence-corrected chi connectivity index (χ1v) is 12.3. The van der Waals surface area contributed by atoms with Crippen molar-refractivity contribution in [3.63, 3.8) is 0 Å². The summed E-state index contributed by atoms with van der Waals surface area (Å²) in [6, 6.07) is 10.2. The van der Waals surface area contributed by atoms with Crippen LogP contribution in [0.5, 0.6) is 5.75 Å². The van der Waals surface area contributed by atoms with E-state index in [1.165, 1.54) is 31.9 Å². The Morgan fingerprint density at radius 3 is 2.67 bits per heavy atom. The minimum absolute atomic E-state index is 0.0733. The molecule has 184 valence electrons. The number of hydrogen-bond acceptors (Lipinski definition) is 6. The van der Waals surface area contributed by atoms with E-state index in [9.17, 15) is 14.3 Å². The smallest absolute Gasteiger partial charge is 0.170 e. The fourth-order valence-electron chi connectivity index (χ4n) is 4.64. The quantitative estimate of drug-likeness (QED) is 0.284. The molecule has 6 nitrogen and oxygen atoms in total. The van der Waals surface area contributed by atoms with Crippen molar-refractivity contribution in [3.05, 3.63) is 77.0 Å². The summed E-state index contributed by atoms with van der Waals surface area (Å²) in [5.74, 6) is -1.52. The number of carbonyl (C=O) groups excluding carboxylic acids is 1. The van der Waals surface area contributed by atoms with Crippen molar-refractivity contribution in [2.24, 2.45) is 0 Å². The molecule has 4 aromatic rings. The SMILES string of the molecule is CC(=O)c1cnc2ccc(-c3cc(F)c(O)c(Cl)c3)cc2c1Nc1cncc(CCN2CCCC2)c1. The number of phenols is 1. The fraction of sp³-hybridized carbons (Fsp3) is 0.250. The number of phenolic OH excluding ortho intramolecular Hbond substituents is 1. The zero-order valence-electron chi connectivity index (χ0n) is 19.9. The van der Waals surface area contributed by atoms with Gasteiger partial charge in [0, 0.05) is 24.3 Å². The van der Waals surface area contributed by atoms with Crippen LogP contribution in [0, 0.1) is 5.82 Å². The third kappa shape index (κ3) is 5.03. The van der Waals surface area contributed by atoms with Crippen LogP contribution in [0.3, 0.4) is 0 Å². The molecule has 0 aliphatic carbocycles. The molecule has 2 aromatic heterocycles. The van der Waals surface area contributed by atoms with Gasteiger partial charge in [0.15, 0.2) is 17.3 Å². The van der Waals surface area contributed by atoms with Gasteiger partial charge in [-0.15, -0.1) is 0 Å². The number of nitrogens with zero attached hydrogens (tertiary/aromatic N) is 3. The third-order valence-electron chi connectivity index (χ3n) is 6.58. The summed E-state index contributed by atoms with van der Waals surface area (Å²) in [6.07, 6.45) is 8.58. The van der Waals surface area contributed by atoms with Crippen LogP contribution < -0.4 is 5.32 Å². The van der Waals surface area contributed by atoms with Crippen molar-refractivity contribution in [1.82, 2.24) is 14.9 Å². The largest absolute Gasteiger partial charge is 0.504 e. The van der Waals surface area contributed by atoms with Gasteiger partial charge in [0.1, 0.15) is 0 Å². The molecule has 8 heteroatoms. The second-order valence-corrected chi connectivity index (χ2v) is 9.54. The van der Waals surface area contributed by atoms with E-state index >= 15 is 0 Å². The molecule has 2 N–H and O–H groups in total. The van der Waals surface area contributed by atoms with E-state index in [-0.39, 0.29) is 10.8 Å². The van der Waals surface area contributed by atoms with Gasteiger partial charge in [-0.05, 0) is 86.3 Å². The number of halogens is 2. The van der Waals surface area contributed by atoms with Crippen LogP contribution in [0.2, 0.25) is 5.02 Å². The van der Waals surface area contributed by atoms with E-state index in [0.717, 1.165) is 37.3 Å². The van der Waals surface area contributed by atoms with Crippen molar-refractivity contribution in [3.8, 4) is 16.9 Å². The maximum atomic E-state index is 14.2. The molecular formula is C28H26ClFN4O2. The lowest BCUT2D eigenvalue weighted by Gasteiger charge is -2.16. The summed E-state index contributed by atoms with van der Waals surface area (Å²) in [6.45, 7) is 4.79. The highest BCUT2D eigenvalue weighted by Gasteiger charge is 2.16. The Balaban J connectivity index is 1.53. The highest BCUT2D eigenvalue weighted by atomic mass is 35.5. The van der Waals surface area contributed by atoms with Crippen molar-refractivity contribution in [2.75, 3.05) is 25.0 Å². The standard InChI is InChI=1S/C28H26ClFN4O2/c1-17(35)23-16-32-26-5-4-19(20-12-24(29)28(36)25(30)13-20)11-22(26)27(23)33-21-10-18(14-31-15-21)6-9-34-7-2-3-8-34/h4-5,10-16,36H,2-3,6-9H2,1H3,(H,32,33). The molecule has 0 saturated carbocycles. The molecule has 0 bridgehead atoms. The van der Waals surface area contributed by atoms with Gasteiger partial charge in [-0.25, -0.2) is 4.39 Å². The molecule has 0 radical (unpaired) electrons. The predicted octanol–water partition coefficient (Wildman–Crippen LogP) is 6.38. The molecule has 0 spiro atoms. The van der Waals surface area contributed by atoms with Gasteiger partial charge in [-0.1, -0.05) is 17.7 Å². The van der Waals surface area contributed by atoms with Crippen molar-refractivity contribution >= 4 is 39.7 Å². The lowest BCUT2D eigenvalue weighted by molar-refractivity contribution is 0.101. The number of hydrogen-bond donors (Lipinski definition) is 2. The minimum Gasteiger partial charge on any atom is -0.504 e. The van der Waals surface area contributed by atoms with E-state index in [1.54, 1.807) is 18.5 Å². The number of rotatable bonds is 7. The predicted molar refractivity (Wildman–Crippen MR) is 141 cm³/mol. The number of likely N-dealkylation sites (tertiary alicyclic amines) is 1. The zero-order chi connectivity index (χ0) is 25.2. The number of Topliss-reactive ketones (excluding diaryl/α,β-unsaturated/α-hetero) is 1. The molecule has 1 fully saturated rings. The summed E-state index contributed by atoms with van der Waals surface area (Å²) >= 11 is 6.01. The molecule has 3 heterocycles. The van der Waals surface area contributed by atoms with E-state index in [2.05, 4.69) is 26.3 Å². The average Bonchev–Trinajstić information content (AvgIpc) is 3.39. The normalized spacial score (nSPS) is 13.9. The van der Waals surface area contributed by atoms with Gasteiger partial charge in [0.25, 0.3) is 0 Å². The average molecular weight is 505 g/mol. The number of carbonyl (C=O) groups is 1. The van der Waals surface area contributed by atoms with Gasteiger partial charge in [-0.3, -0.25) is 14.8 Å². The Bertz CT molecular complexity index is 1430. The Hall–Kier alpha value is -3.55. The monoisotopic (exact) mass is 504 g/mol. The van der Waals surface area contributed by atoms with Gasteiger partial charge in [0.05, 0.1) is 33.7 Å². The molecule has 0 amide bonds. The molecule has 36 heavy (non-hydrogen) atoms. The second-order valence-electron chi connectivity index (χ2n) is 9.13. The maximum Gasteiger partial charge on any atom is 0.170 e. The number of pyridine rings is 2. The summed E-state index contributed by atoms with van der Waals surface area (Å²) in [5, 5.41) is 13.7. The number of ketones is 1. The second kappa shape index (κ2) is 10.2. The van der Waals surface area contributed by atoms with Gasteiger partial charge >= 0.3 is 0 Å². The molecule has 1 aliphatic rings. The molecule has 5 rings (SSSR count). The lowest BCUT2D eigenvalue weighted by atomic mass is 10.00. The summed E-state index contributed by atoms with van der Waals surface area (Å²) < 4.78 is 14.2. The first kappa shape index (κ1) is 24.2. The van der Waals surface area contributed by atoms with Crippen LogP contribution >= 0.6 is 11.6 Å². The summed E-state index contributed by atoms with van der Waals surface area (Å²) in [7, 11) is 0. The van der Waals surface area contributed by atoms with E-state index in [0.29, 0.717) is 33.3 Å². The van der Waals surface area contributed by atoms with E-state index < -0.39 is 11.6 Å². The number of aromatic hydroxyl groups is 1. The van der Waals surface area contributed by atoms with Crippen LogP contribution in [0.15, 0.2) is 55.0 Å². The van der Waals surface area contributed by atoms with E-state index in [4.69, 9.17) is 11.6 Å². The third-order valence-corrected chi connectivity index (χ3v) is 6.87. The fourth-order valence-corrected chi connectivity index (χ4v) is 4.84. The number of anilines is 2.